The third-order valence-corrected chi connectivity index (χ3v) is 2.96. The number of pyridine rings is 1. The standard InChI is InChI=1S/C12H17N3O2/c1-2-15(10-4-5-10)12(17)8-14-7-9(13)3-6-11(14)16/h3,6-7,10H,2,4-5,8,13H2,1H3. The Kier molecular flexibility index (Phi) is 3.17. The van der Waals surface area contributed by atoms with Crippen molar-refractivity contribution in [2.24, 2.45) is 0 Å². The Labute approximate surface area is 99.8 Å². The lowest BCUT2D eigenvalue weighted by Crippen LogP contribution is -2.37. The molecule has 0 spiro atoms. The smallest absolute Gasteiger partial charge is 0.251 e. The van der Waals surface area contributed by atoms with Gasteiger partial charge >= 0.3 is 0 Å². The van der Waals surface area contributed by atoms with E-state index in [9.17, 15) is 9.59 Å². The molecule has 1 aliphatic carbocycles. The highest BCUT2D eigenvalue weighted by molar-refractivity contribution is 5.76. The Bertz CT molecular complexity index is 477. The van der Waals surface area contributed by atoms with Gasteiger partial charge in [-0.25, -0.2) is 0 Å². The Morgan fingerprint density at radius 3 is 2.82 bits per heavy atom. The molecule has 0 saturated heterocycles. The van der Waals surface area contributed by atoms with Crippen LogP contribution in [-0.2, 0) is 11.3 Å². The normalized spacial score (nSPS) is 14.6. The van der Waals surface area contributed by atoms with E-state index in [1.165, 1.54) is 16.8 Å². The minimum Gasteiger partial charge on any atom is -0.398 e. The number of likely N-dealkylation sites (N-methyl/N-ethyl adjacent to an activating group) is 1. The van der Waals surface area contributed by atoms with Crippen LogP contribution in [0.1, 0.15) is 19.8 Å². The van der Waals surface area contributed by atoms with Crippen molar-refractivity contribution in [3.63, 3.8) is 0 Å². The fraction of sp³-hybridized carbons (Fsp3) is 0.500. The Morgan fingerprint density at radius 1 is 1.53 bits per heavy atom. The number of rotatable bonds is 4. The van der Waals surface area contributed by atoms with Gasteiger partial charge in [0.05, 0.1) is 0 Å². The van der Waals surface area contributed by atoms with E-state index in [1.54, 1.807) is 6.07 Å². The molecule has 2 N–H and O–H groups in total. The molecule has 1 aliphatic rings. The summed E-state index contributed by atoms with van der Waals surface area (Å²) in [5.41, 5.74) is 5.90. The summed E-state index contributed by atoms with van der Waals surface area (Å²) >= 11 is 0. The summed E-state index contributed by atoms with van der Waals surface area (Å²) in [6.07, 6.45) is 3.66. The Balaban J connectivity index is 2.11. The van der Waals surface area contributed by atoms with E-state index in [0.29, 0.717) is 18.3 Å². The Morgan fingerprint density at radius 2 is 2.24 bits per heavy atom. The molecule has 1 aromatic heterocycles. The number of nitrogens with zero attached hydrogens (tertiary/aromatic N) is 2. The van der Waals surface area contributed by atoms with Crippen LogP contribution >= 0.6 is 0 Å². The maximum atomic E-state index is 12.0. The molecule has 0 unspecified atom stereocenters. The number of amides is 1. The van der Waals surface area contributed by atoms with E-state index in [1.807, 2.05) is 11.8 Å². The summed E-state index contributed by atoms with van der Waals surface area (Å²) in [7, 11) is 0. The van der Waals surface area contributed by atoms with Crippen LogP contribution in [0.5, 0.6) is 0 Å². The van der Waals surface area contributed by atoms with Crippen LogP contribution in [0.3, 0.4) is 0 Å². The van der Waals surface area contributed by atoms with Crippen LogP contribution in [0, 0.1) is 0 Å². The van der Waals surface area contributed by atoms with E-state index in [0.717, 1.165) is 12.8 Å². The van der Waals surface area contributed by atoms with E-state index in [-0.39, 0.29) is 18.0 Å². The highest BCUT2D eigenvalue weighted by Gasteiger charge is 2.31. The largest absolute Gasteiger partial charge is 0.398 e. The van der Waals surface area contributed by atoms with E-state index >= 15 is 0 Å². The zero-order chi connectivity index (χ0) is 12.4. The molecule has 1 amide bonds. The number of hydrogen-bond donors (Lipinski definition) is 1. The van der Waals surface area contributed by atoms with Gasteiger partial charge in [-0.2, -0.15) is 0 Å². The maximum absolute atomic E-state index is 12.0. The molecule has 17 heavy (non-hydrogen) atoms. The predicted molar refractivity (Wildman–Crippen MR) is 65.5 cm³/mol. The minimum atomic E-state index is -0.195. The molecule has 0 aliphatic heterocycles. The quantitative estimate of drug-likeness (QED) is 0.823. The van der Waals surface area contributed by atoms with Crippen LogP contribution in [0.25, 0.3) is 0 Å². The first-order valence-corrected chi connectivity index (χ1v) is 5.87. The van der Waals surface area contributed by atoms with Gasteiger partial charge in [0.1, 0.15) is 6.54 Å². The average Bonchev–Trinajstić information content (AvgIpc) is 3.09. The second-order valence-corrected chi connectivity index (χ2v) is 4.34. The van der Waals surface area contributed by atoms with Gasteiger partial charge in [0.25, 0.3) is 5.56 Å². The highest BCUT2D eigenvalue weighted by Crippen LogP contribution is 2.26. The zero-order valence-electron chi connectivity index (χ0n) is 9.93. The van der Waals surface area contributed by atoms with Crippen LogP contribution in [0.2, 0.25) is 0 Å². The summed E-state index contributed by atoms with van der Waals surface area (Å²) in [6.45, 7) is 2.73. The minimum absolute atomic E-state index is 0.0114. The Hall–Kier alpha value is -1.78. The molecular weight excluding hydrogens is 218 g/mol. The first-order chi connectivity index (χ1) is 8.11. The van der Waals surface area contributed by atoms with Crippen LogP contribution < -0.4 is 11.3 Å². The van der Waals surface area contributed by atoms with E-state index in [2.05, 4.69) is 0 Å². The van der Waals surface area contributed by atoms with Crippen LogP contribution in [0.15, 0.2) is 23.1 Å². The maximum Gasteiger partial charge on any atom is 0.251 e. The molecule has 5 heteroatoms. The molecule has 0 radical (unpaired) electrons. The summed E-state index contributed by atoms with van der Waals surface area (Å²) in [6, 6.07) is 3.31. The number of carbonyl (C=O) groups excluding carboxylic acids is 1. The van der Waals surface area contributed by atoms with Crippen molar-refractivity contribution in [1.29, 1.82) is 0 Å². The lowest BCUT2D eigenvalue weighted by Gasteiger charge is -2.20. The fourth-order valence-electron chi connectivity index (χ4n) is 1.93. The molecule has 2 rings (SSSR count). The van der Waals surface area contributed by atoms with Gasteiger partial charge in [-0.3, -0.25) is 9.59 Å². The van der Waals surface area contributed by atoms with Crippen LogP contribution in [-0.4, -0.2) is 28.0 Å². The van der Waals surface area contributed by atoms with Crippen molar-refractivity contribution in [3.8, 4) is 0 Å². The second kappa shape index (κ2) is 4.61. The number of anilines is 1. The number of aromatic nitrogens is 1. The topological polar surface area (TPSA) is 68.3 Å². The third-order valence-electron chi connectivity index (χ3n) is 2.96. The van der Waals surface area contributed by atoms with Crippen LogP contribution in [0.4, 0.5) is 5.69 Å². The number of carbonyl (C=O) groups is 1. The van der Waals surface area contributed by atoms with Crippen molar-refractivity contribution in [1.82, 2.24) is 9.47 Å². The summed E-state index contributed by atoms with van der Waals surface area (Å²) in [5, 5.41) is 0. The molecule has 1 aromatic rings. The second-order valence-electron chi connectivity index (χ2n) is 4.34. The third kappa shape index (κ3) is 2.67. The van der Waals surface area contributed by atoms with E-state index < -0.39 is 0 Å². The van der Waals surface area contributed by atoms with Crippen molar-refractivity contribution in [2.45, 2.75) is 32.4 Å². The van der Waals surface area contributed by atoms with Gasteiger partial charge in [-0.1, -0.05) is 0 Å². The molecule has 1 fully saturated rings. The monoisotopic (exact) mass is 235 g/mol. The molecule has 1 heterocycles. The van der Waals surface area contributed by atoms with E-state index in [4.69, 9.17) is 5.73 Å². The fourth-order valence-corrected chi connectivity index (χ4v) is 1.93. The molecule has 1 saturated carbocycles. The van der Waals surface area contributed by atoms with Gasteiger partial charge in [0.15, 0.2) is 0 Å². The van der Waals surface area contributed by atoms with Gasteiger partial charge in [0, 0.05) is 30.5 Å². The lowest BCUT2D eigenvalue weighted by atomic mass is 10.4. The number of nitrogens with two attached hydrogens (primary N) is 1. The highest BCUT2D eigenvalue weighted by atomic mass is 16.2. The SMILES string of the molecule is CCN(C(=O)Cn1cc(N)ccc1=O)C1CC1. The molecule has 0 atom stereocenters. The summed E-state index contributed by atoms with van der Waals surface area (Å²) in [4.78, 5) is 25.4. The summed E-state index contributed by atoms with van der Waals surface area (Å²) in [5.74, 6) is -0.0114. The lowest BCUT2D eigenvalue weighted by molar-refractivity contribution is -0.132. The molecule has 0 aromatic carbocycles. The molecule has 5 nitrogen and oxygen atoms in total. The average molecular weight is 235 g/mol. The molecule has 92 valence electrons. The van der Waals surface area contributed by atoms with Crippen molar-refractivity contribution in [2.75, 3.05) is 12.3 Å². The number of hydrogen-bond acceptors (Lipinski definition) is 3. The first kappa shape index (κ1) is 11.7. The van der Waals surface area contributed by atoms with Gasteiger partial charge in [-0.15, -0.1) is 0 Å². The van der Waals surface area contributed by atoms with Gasteiger partial charge in [0.2, 0.25) is 5.91 Å². The van der Waals surface area contributed by atoms with Crippen molar-refractivity contribution < 1.29 is 4.79 Å². The summed E-state index contributed by atoms with van der Waals surface area (Å²) < 4.78 is 1.36. The van der Waals surface area contributed by atoms with Gasteiger partial charge < -0.3 is 15.2 Å². The zero-order valence-corrected chi connectivity index (χ0v) is 9.93. The van der Waals surface area contributed by atoms with Gasteiger partial charge in [-0.05, 0) is 25.8 Å². The van der Waals surface area contributed by atoms with Crippen molar-refractivity contribution in [3.05, 3.63) is 28.7 Å². The number of nitrogen functional groups attached to an aromatic ring is 1. The molecular formula is C12H17N3O2. The van der Waals surface area contributed by atoms with Crippen molar-refractivity contribution >= 4 is 11.6 Å². The first-order valence-electron chi connectivity index (χ1n) is 5.87. The predicted octanol–water partition coefficient (Wildman–Crippen LogP) is 0.441. The molecule has 0 bridgehead atoms.